The maximum Gasteiger partial charge on any atom is 0.335 e. The minimum atomic E-state index is -3.74. The van der Waals surface area contributed by atoms with E-state index in [1.165, 1.54) is 29.5 Å². The van der Waals surface area contributed by atoms with Gasteiger partial charge < -0.3 is 5.11 Å². The molecule has 0 aliphatic rings. The Labute approximate surface area is 126 Å². The monoisotopic (exact) mass is 326 g/mol. The number of aromatic carboxylic acids is 1. The minimum Gasteiger partial charge on any atom is -0.478 e. The van der Waals surface area contributed by atoms with Crippen LogP contribution in [-0.4, -0.2) is 31.0 Å². The van der Waals surface area contributed by atoms with E-state index in [2.05, 4.69) is 9.71 Å². The molecule has 1 unspecified atom stereocenters. The molecule has 0 aliphatic heterocycles. The van der Waals surface area contributed by atoms with Crippen molar-refractivity contribution in [3.63, 3.8) is 0 Å². The van der Waals surface area contributed by atoms with E-state index in [0.717, 1.165) is 11.1 Å². The second kappa shape index (κ2) is 6.33. The fourth-order valence-electron chi connectivity index (χ4n) is 1.68. The highest BCUT2D eigenvalue weighted by Crippen LogP contribution is 2.18. The van der Waals surface area contributed by atoms with Gasteiger partial charge in [-0.25, -0.2) is 22.9 Å². The average molecular weight is 326 g/mol. The second-order valence-corrected chi connectivity index (χ2v) is 7.15. The van der Waals surface area contributed by atoms with E-state index in [1.54, 1.807) is 6.20 Å². The number of carboxylic acids is 1. The SMILES string of the molecule is CC(CNS(=O)(=O)c1cccc(C(=O)O)c1)c1nccs1. The van der Waals surface area contributed by atoms with E-state index in [0.29, 0.717) is 0 Å². The molecule has 0 radical (unpaired) electrons. The number of hydrogen-bond acceptors (Lipinski definition) is 5. The topological polar surface area (TPSA) is 96.4 Å². The molecule has 0 saturated carbocycles. The quantitative estimate of drug-likeness (QED) is 0.845. The number of rotatable bonds is 6. The van der Waals surface area contributed by atoms with E-state index in [1.807, 2.05) is 12.3 Å². The van der Waals surface area contributed by atoms with E-state index in [-0.39, 0.29) is 22.9 Å². The van der Waals surface area contributed by atoms with Gasteiger partial charge in [0.2, 0.25) is 10.0 Å². The van der Waals surface area contributed by atoms with Crippen LogP contribution in [0.15, 0.2) is 40.7 Å². The number of nitrogens with zero attached hydrogens (tertiary/aromatic N) is 1. The fraction of sp³-hybridized carbons (Fsp3) is 0.231. The van der Waals surface area contributed by atoms with Gasteiger partial charge in [-0.05, 0) is 18.2 Å². The number of carbonyl (C=O) groups is 1. The Bertz CT molecular complexity index is 726. The lowest BCUT2D eigenvalue weighted by Crippen LogP contribution is -2.27. The van der Waals surface area contributed by atoms with Crippen LogP contribution in [0.1, 0.15) is 28.2 Å². The molecule has 112 valence electrons. The highest BCUT2D eigenvalue weighted by molar-refractivity contribution is 7.89. The van der Waals surface area contributed by atoms with Crippen molar-refractivity contribution < 1.29 is 18.3 Å². The summed E-state index contributed by atoms with van der Waals surface area (Å²) in [6, 6.07) is 5.25. The van der Waals surface area contributed by atoms with Gasteiger partial charge in [0, 0.05) is 24.0 Å². The first kappa shape index (κ1) is 15.6. The highest BCUT2D eigenvalue weighted by atomic mass is 32.2. The Hall–Kier alpha value is -1.77. The van der Waals surface area contributed by atoms with Crippen LogP contribution >= 0.6 is 11.3 Å². The van der Waals surface area contributed by atoms with Crippen molar-refractivity contribution in [1.29, 1.82) is 0 Å². The van der Waals surface area contributed by atoms with Crippen molar-refractivity contribution in [2.24, 2.45) is 0 Å². The third-order valence-corrected chi connectivity index (χ3v) is 5.27. The maximum atomic E-state index is 12.2. The third kappa shape index (κ3) is 3.87. The molecule has 1 atom stereocenters. The van der Waals surface area contributed by atoms with Gasteiger partial charge in [-0.3, -0.25) is 0 Å². The Morgan fingerprint density at radius 3 is 2.86 bits per heavy atom. The van der Waals surface area contributed by atoms with Crippen molar-refractivity contribution in [3.8, 4) is 0 Å². The van der Waals surface area contributed by atoms with E-state index >= 15 is 0 Å². The fourth-order valence-corrected chi connectivity index (χ4v) is 3.55. The Balaban J connectivity index is 2.11. The summed E-state index contributed by atoms with van der Waals surface area (Å²) in [7, 11) is -3.74. The van der Waals surface area contributed by atoms with E-state index in [4.69, 9.17) is 5.11 Å². The van der Waals surface area contributed by atoms with Crippen molar-refractivity contribution in [1.82, 2.24) is 9.71 Å². The zero-order chi connectivity index (χ0) is 15.5. The Morgan fingerprint density at radius 1 is 1.48 bits per heavy atom. The van der Waals surface area contributed by atoms with Gasteiger partial charge in [0.25, 0.3) is 0 Å². The van der Waals surface area contributed by atoms with Crippen molar-refractivity contribution in [2.75, 3.05) is 6.54 Å². The molecule has 21 heavy (non-hydrogen) atoms. The van der Waals surface area contributed by atoms with Crippen LogP contribution in [0.25, 0.3) is 0 Å². The molecule has 8 heteroatoms. The molecule has 0 spiro atoms. The maximum absolute atomic E-state index is 12.2. The van der Waals surface area contributed by atoms with Gasteiger partial charge in [0.05, 0.1) is 15.5 Å². The normalized spacial score (nSPS) is 13.0. The summed E-state index contributed by atoms with van der Waals surface area (Å²) in [6.07, 6.45) is 1.67. The summed E-state index contributed by atoms with van der Waals surface area (Å²) in [5.74, 6) is -1.22. The molecular weight excluding hydrogens is 312 g/mol. The van der Waals surface area contributed by atoms with Gasteiger partial charge in [0.15, 0.2) is 0 Å². The standard InChI is InChI=1S/C13H14N2O4S2/c1-9(12-14-5-6-20-12)8-15-21(18,19)11-4-2-3-10(7-11)13(16)17/h2-7,9,15H,8H2,1H3,(H,16,17). The molecule has 0 amide bonds. The molecule has 6 nitrogen and oxygen atoms in total. The molecule has 2 aromatic rings. The lowest BCUT2D eigenvalue weighted by atomic mass is 10.2. The predicted octanol–water partition coefficient (Wildman–Crippen LogP) is 1.92. The number of thiazole rings is 1. The number of sulfonamides is 1. The first-order valence-corrected chi connectivity index (χ1v) is 8.49. The zero-order valence-corrected chi connectivity index (χ0v) is 12.8. The van der Waals surface area contributed by atoms with Gasteiger partial charge in [0.1, 0.15) is 0 Å². The zero-order valence-electron chi connectivity index (χ0n) is 11.2. The van der Waals surface area contributed by atoms with Crippen LogP contribution in [-0.2, 0) is 10.0 Å². The molecular formula is C13H14N2O4S2. The number of aromatic nitrogens is 1. The lowest BCUT2D eigenvalue weighted by Gasteiger charge is -2.11. The number of nitrogens with one attached hydrogen (secondary N) is 1. The summed E-state index contributed by atoms with van der Waals surface area (Å²) in [5, 5.41) is 11.6. The number of carboxylic acid groups (broad SMARTS) is 1. The van der Waals surface area contributed by atoms with Crippen LogP contribution in [0.2, 0.25) is 0 Å². The van der Waals surface area contributed by atoms with Crippen molar-refractivity contribution in [3.05, 3.63) is 46.4 Å². The molecule has 0 fully saturated rings. The van der Waals surface area contributed by atoms with Crippen molar-refractivity contribution >= 4 is 27.3 Å². The lowest BCUT2D eigenvalue weighted by molar-refractivity contribution is 0.0696. The minimum absolute atomic E-state index is 0.0533. The van der Waals surface area contributed by atoms with Crippen LogP contribution in [0.5, 0.6) is 0 Å². The van der Waals surface area contributed by atoms with Crippen molar-refractivity contribution in [2.45, 2.75) is 17.7 Å². The van der Waals surface area contributed by atoms with Crippen LogP contribution in [0.3, 0.4) is 0 Å². The van der Waals surface area contributed by atoms with Gasteiger partial charge in [-0.15, -0.1) is 11.3 Å². The van der Waals surface area contributed by atoms with Gasteiger partial charge >= 0.3 is 5.97 Å². The van der Waals surface area contributed by atoms with E-state index in [9.17, 15) is 13.2 Å². The molecule has 2 rings (SSSR count). The molecule has 0 saturated heterocycles. The summed E-state index contributed by atoms with van der Waals surface area (Å²) < 4.78 is 26.8. The molecule has 1 aromatic heterocycles. The Kier molecular flexibility index (Phi) is 4.71. The number of benzene rings is 1. The largest absolute Gasteiger partial charge is 0.478 e. The summed E-state index contributed by atoms with van der Waals surface area (Å²) in [6.45, 7) is 2.07. The van der Waals surface area contributed by atoms with Crippen LogP contribution in [0, 0.1) is 0 Å². The summed E-state index contributed by atoms with van der Waals surface area (Å²) >= 11 is 1.46. The molecule has 0 aliphatic carbocycles. The van der Waals surface area contributed by atoms with Crippen LogP contribution in [0.4, 0.5) is 0 Å². The molecule has 1 aromatic carbocycles. The smallest absolute Gasteiger partial charge is 0.335 e. The van der Waals surface area contributed by atoms with Gasteiger partial charge in [-0.1, -0.05) is 13.0 Å². The first-order valence-electron chi connectivity index (χ1n) is 6.12. The third-order valence-electron chi connectivity index (χ3n) is 2.84. The summed E-state index contributed by atoms with van der Waals surface area (Å²) in [5.41, 5.74) is -0.0640. The summed E-state index contributed by atoms with van der Waals surface area (Å²) in [4.78, 5) is 15.0. The van der Waals surface area contributed by atoms with Gasteiger partial charge in [-0.2, -0.15) is 0 Å². The molecule has 2 N–H and O–H groups in total. The molecule has 1 heterocycles. The first-order chi connectivity index (χ1) is 9.90. The average Bonchev–Trinajstić information content (AvgIpc) is 2.99. The second-order valence-electron chi connectivity index (χ2n) is 4.46. The highest BCUT2D eigenvalue weighted by Gasteiger charge is 2.18. The van der Waals surface area contributed by atoms with Crippen LogP contribution < -0.4 is 4.72 Å². The van der Waals surface area contributed by atoms with E-state index < -0.39 is 16.0 Å². The predicted molar refractivity (Wildman–Crippen MR) is 79.1 cm³/mol. The molecule has 0 bridgehead atoms. The number of hydrogen-bond donors (Lipinski definition) is 2. The Morgan fingerprint density at radius 2 is 2.24 bits per heavy atom.